The predicted molar refractivity (Wildman–Crippen MR) is 301 cm³/mol. The first kappa shape index (κ1) is 71.2. The maximum absolute atomic E-state index is 8.65. The highest BCUT2D eigenvalue weighted by molar-refractivity contribution is 7.21. The third kappa shape index (κ3) is 40.2. The molecular formula is C55H94N4O20S. The lowest BCUT2D eigenvalue weighted by Gasteiger charge is -2.25. The van der Waals surface area contributed by atoms with Gasteiger partial charge in [0.05, 0.1) is 267 Å². The number of fused-ring (bicyclic) bond motifs is 1. The Balaban J connectivity index is 1.18. The van der Waals surface area contributed by atoms with Gasteiger partial charge in [0.25, 0.3) is 0 Å². The van der Waals surface area contributed by atoms with Gasteiger partial charge in [0, 0.05) is 18.8 Å². The van der Waals surface area contributed by atoms with Gasteiger partial charge in [-0.3, -0.25) is 0 Å². The number of aliphatic hydroxyl groups excluding tert-OH is 2. The van der Waals surface area contributed by atoms with Crippen LogP contribution in [0.5, 0.6) is 0 Å². The number of benzene rings is 2. The molecule has 25 heteroatoms. The van der Waals surface area contributed by atoms with Crippen molar-refractivity contribution in [2.45, 2.75) is 13.8 Å². The summed E-state index contributed by atoms with van der Waals surface area (Å²) in [5.74, 6) is 0. The van der Waals surface area contributed by atoms with Crippen LogP contribution in [-0.2, 0) is 85.3 Å². The molecule has 2 N–H and O–H groups in total. The molecule has 0 unspecified atom stereocenters. The Morgan fingerprint density at radius 3 is 0.950 bits per heavy atom. The first-order valence-electron chi connectivity index (χ1n) is 27.9. The van der Waals surface area contributed by atoms with Crippen molar-refractivity contribution in [1.29, 1.82) is 0 Å². The third-order valence-electron chi connectivity index (χ3n) is 10.8. The maximum atomic E-state index is 8.65. The van der Waals surface area contributed by atoms with Gasteiger partial charge in [-0.2, -0.15) is 0 Å². The lowest BCUT2D eigenvalue weighted by molar-refractivity contribution is -0.0255. The molecule has 0 aliphatic heterocycles. The van der Waals surface area contributed by atoms with E-state index >= 15 is 0 Å². The zero-order valence-electron chi connectivity index (χ0n) is 47.7. The van der Waals surface area contributed by atoms with Crippen molar-refractivity contribution in [3.8, 4) is 0 Å². The summed E-state index contributed by atoms with van der Waals surface area (Å²) in [5.41, 5.74) is 4.87. The van der Waals surface area contributed by atoms with Crippen molar-refractivity contribution in [3.63, 3.8) is 0 Å². The number of aryl methyl sites for hydroxylation is 2. The van der Waals surface area contributed by atoms with Gasteiger partial charge in [-0.1, -0.05) is 23.5 Å². The highest BCUT2D eigenvalue weighted by Gasteiger charge is 2.11. The van der Waals surface area contributed by atoms with E-state index in [-0.39, 0.29) is 13.2 Å². The lowest BCUT2D eigenvalue weighted by atomic mass is 10.1. The molecule has 0 spiro atoms. The molecule has 1 heterocycles. The van der Waals surface area contributed by atoms with Gasteiger partial charge >= 0.3 is 0 Å². The molecule has 80 heavy (non-hydrogen) atoms. The molecule has 0 atom stereocenters. The Hall–Kier alpha value is -3.07. The fraction of sp³-hybridized carbons (Fsp3) is 0.764. The molecule has 0 aliphatic carbocycles. The Labute approximate surface area is 477 Å². The Morgan fingerprint density at radius 2 is 0.662 bits per heavy atom. The van der Waals surface area contributed by atoms with Gasteiger partial charge in [0.2, 0.25) is 5.13 Å². The van der Waals surface area contributed by atoms with Gasteiger partial charge < -0.3 is 100 Å². The van der Waals surface area contributed by atoms with Gasteiger partial charge in [-0.25, -0.2) is 4.98 Å². The molecule has 24 nitrogen and oxygen atoms in total. The van der Waals surface area contributed by atoms with Gasteiger partial charge in [-0.05, 0) is 49.2 Å². The summed E-state index contributed by atoms with van der Waals surface area (Å²) in [5, 5.41) is 27.0. The number of nitrogens with zero attached hydrogens (tertiary/aromatic N) is 4. The topological polar surface area (TPSA) is 247 Å². The molecule has 1 aromatic heterocycles. The van der Waals surface area contributed by atoms with Crippen molar-refractivity contribution >= 4 is 38.1 Å². The van der Waals surface area contributed by atoms with Crippen LogP contribution in [0.3, 0.4) is 0 Å². The smallest absolute Gasteiger partial charge is 0.231 e. The van der Waals surface area contributed by atoms with Crippen LogP contribution in [0.15, 0.2) is 46.6 Å². The first-order valence-corrected chi connectivity index (χ1v) is 28.7. The van der Waals surface area contributed by atoms with Gasteiger partial charge in [0.15, 0.2) is 0 Å². The van der Waals surface area contributed by atoms with Crippen molar-refractivity contribution in [1.82, 2.24) is 4.98 Å². The number of thiazole rings is 1. The lowest BCUT2D eigenvalue weighted by Crippen LogP contribution is -2.31. The molecule has 2 aromatic carbocycles. The molecule has 0 saturated carbocycles. The summed E-state index contributed by atoms with van der Waals surface area (Å²) in [4.78, 5) is 6.91. The number of ether oxygens (including phenoxy) is 18. The average Bonchev–Trinajstić information content (AvgIpc) is 3.90. The molecule has 460 valence electrons. The van der Waals surface area contributed by atoms with E-state index in [1.54, 1.807) is 0 Å². The Morgan fingerprint density at radius 1 is 0.362 bits per heavy atom. The normalized spacial score (nSPS) is 11.8. The quantitative estimate of drug-likeness (QED) is 0.0587. The Kier molecular flexibility index (Phi) is 48.0. The first-order chi connectivity index (χ1) is 39.6. The van der Waals surface area contributed by atoms with E-state index in [1.165, 1.54) is 11.3 Å². The van der Waals surface area contributed by atoms with Crippen LogP contribution < -0.4 is 4.90 Å². The van der Waals surface area contributed by atoms with Crippen LogP contribution in [0.25, 0.3) is 10.2 Å². The minimum absolute atomic E-state index is 0.0136. The van der Waals surface area contributed by atoms with Crippen LogP contribution >= 0.6 is 11.3 Å². The molecule has 3 rings (SSSR count). The largest absolute Gasteiger partial charge is 0.394 e. The molecule has 0 saturated heterocycles. The second-order valence-corrected chi connectivity index (χ2v) is 18.1. The van der Waals surface area contributed by atoms with E-state index in [9.17, 15) is 0 Å². The zero-order chi connectivity index (χ0) is 56.7. The SMILES string of the molecule is Cc1cc(N(CCOCCOCCOCCOCCOCCOCCOCCOCCOCCO)CCOCCOCCOCCOCCOCCOCCOCCOCCOCCO)ccc1/N=N/c1nc2c(C)cccc2s1. The molecule has 0 amide bonds. The third-order valence-corrected chi connectivity index (χ3v) is 11.7. The minimum Gasteiger partial charge on any atom is -0.394 e. The number of aromatic nitrogens is 1. The van der Waals surface area contributed by atoms with Gasteiger partial charge in [0.1, 0.15) is 0 Å². The number of hydrogen-bond acceptors (Lipinski definition) is 25. The van der Waals surface area contributed by atoms with E-state index < -0.39 is 0 Å². The van der Waals surface area contributed by atoms with Crippen molar-refractivity contribution in [3.05, 3.63) is 47.5 Å². The van der Waals surface area contributed by atoms with Gasteiger partial charge in [-0.15, -0.1) is 10.2 Å². The molecular weight excluding hydrogens is 1070 g/mol. The minimum atomic E-state index is 0.0136. The molecule has 0 bridgehead atoms. The van der Waals surface area contributed by atoms with Crippen molar-refractivity contribution < 1.29 is 95.5 Å². The van der Waals surface area contributed by atoms with Crippen LogP contribution in [0.4, 0.5) is 16.5 Å². The van der Waals surface area contributed by atoms with E-state index in [4.69, 9.17) is 95.5 Å². The summed E-state index contributed by atoms with van der Waals surface area (Å²) < 4.78 is 101. The number of anilines is 1. The number of aliphatic hydroxyl groups is 2. The van der Waals surface area contributed by atoms with E-state index in [1.807, 2.05) is 38.1 Å². The second kappa shape index (κ2) is 53.9. The van der Waals surface area contributed by atoms with E-state index in [2.05, 4.69) is 32.2 Å². The monoisotopic (exact) mass is 1160 g/mol. The highest BCUT2D eigenvalue weighted by atomic mass is 32.1. The summed E-state index contributed by atoms with van der Waals surface area (Å²) >= 11 is 1.52. The second-order valence-electron chi connectivity index (χ2n) is 17.0. The standard InChI is InChI=1S/C55H94N4O20S/c1-49-4-3-5-53-54(49)56-55(80-53)58-57-52-7-6-51(48-50(52)2)59(8-12-62-16-20-66-24-28-70-32-36-74-40-44-78-46-42-76-38-34-72-30-26-68-22-18-64-14-10-60)9-13-63-17-21-67-25-29-71-33-37-75-41-45-79-47-43-77-39-35-73-31-27-69-23-19-65-15-11-61/h3-7,48,60-61H,8-47H2,1-2H3/b58-57+. The van der Waals surface area contributed by atoms with Crippen molar-refractivity contribution in [2.24, 2.45) is 10.2 Å². The van der Waals surface area contributed by atoms with Crippen LogP contribution in [-0.4, -0.2) is 279 Å². The van der Waals surface area contributed by atoms with E-state index in [0.717, 1.165) is 32.7 Å². The number of azo groups is 1. The Bertz CT molecular complexity index is 1800. The summed E-state index contributed by atoms with van der Waals surface area (Å²) in [6.45, 7) is 22.2. The summed E-state index contributed by atoms with van der Waals surface area (Å²) in [6, 6.07) is 12.3. The number of para-hydroxylation sites is 1. The fourth-order valence-electron chi connectivity index (χ4n) is 6.73. The van der Waals surface area contributed by atoms with E-state index in [0.29, 0.717) is 256 Å². The predicted octanol–water partition coefficient (Wildman–Crippen LogP) is 4.42. The molecule has 0 fully saturated rings. The number of rotatable bonds is 61. The summed E-state index contributed by atoms with van der Waals surface area (Å²) in [6.07, 6.45) is 0. The van der Waals surface area contributed by atoms with Crippen LogP contribution in [0.2, 0.25) is 0 Å². The maximum Gasteiger partial charge on any atom is 0.231 e. The highest BCUT2D eigenvalue weighted by Crippen LogP contribution is 2.32. The molecule has 0 radical (unpaired) electrons. The van der Waals surface area contributed by atoms with Crippen LogP contribution in [0, 0.1) is 13.8 Å². The number of hydrogen-bond donors (Lipinski definition) is 2. The molecule has 3 aromatic rings. The van der Waals surface area contributed by atoms with Crippen LogP contribution in [0.1, 0.15) is 11.1 Å². The van der Waals surface area contributed by atoms with Crippen molar-refractivity contribution in [2.75, 3.05) is 269 Å². The summed E-state index contributed by atoms with van der Waals surface area (Å²) in [7, 11) is 0. The fourth-order valence-corrected chi connectivity index (χ4v) is 7.60. The molecule has 0 aliphatic rings. The zero-order valence-corrected chi connectivity index (χ0v) is 48.5. The average molecular weight is 1160 g/mol.